The molecule has 0 bridgehead atoms. The standard InChI is InChI=1S/C31H35ClFNO12/c1-13(7-8-42-16-4-5-18(33)17(32)11-16)27-25(39)26(40)31(46-27)45-20-6-3-15(10-19(20)35)9-14(2)30(41)34-21-22(36)24(38)29-28(23(21)37)43-12-44-29/h3-7,9-11,21-29,31,35-40H,8,12H2,1-2H3,(H,34,41)/t21-,22+,23-,24-,25+,26+,27-,28+,29-,31-/m1/s1. The molecule has 1 saturated carbocycles. The Balaban J connectivity index is 1.18. The number of rotatable bonds is 9. The van der Waals surface area contributed by atoms with E-state index < -0.39 is 72.9 Å². The largest absolute Gasteiger partial charge is 0.504 e. The summed E-state index contributed by atoms with van der Waals surface area (Å²) < 4.78 is 40.7. The van der Waals surface area contributed by atoms with Crippen molar-refractivity contribution in [2.75, 3.05) is 13.4 Å². The molecule has 1 aliphatic carbocycles. The van der Waals surface area contributed by atoms with Crippen LogP contribution < -0.4 is 14.8 Å². The van der Waals surface area contributed by atoms with Crippen molar-refractivity contribution in [3.63, 3.8) is 0 Å². The minimum absolute atomic E-state index is 0.0450. The van der Waals surface area contributed by atoms with Gasteiger partial charge in [0.05, 0.1) is 11.1 Å². The van der Waals surface area contributed by atoms with E-state index in [0.717, 1.165) is 0 Å². The summed E-state index contributed by atoms with van der Waals surface area (Å²) >= 11 is 5.76. The number of nitrogens with one attached hydrogen (secondary N) is 1. The van der Waals surface area contributed by atoms with Gasteiger partial charge in [0.2, 0.25) is 12.2 Å². The Morgan fingerprint density at radius 2 is 1.72 bits per heavy atom. The SMILES string of the molecule is CC(=Cc1ccc(O[C@@H]2O[C@H](C(C)=CCOc3ccc(F)c(Cl)c3)[C@@H](O)[C@@H]2O)c(O)c1)C(=O)N[C@@H]1[C@H](O)[C@@H](O)[C@H]2OCO[C@H]2[C@@H]1O. The number of ether oxygens (including phenoxy) is 5. The molecule has 3 aliphatic rings. The van der Waals surface area contributed by atoms with Gasteiger partial charge >= 0.3 is 0 Å². The number of aromatic hydroxyl groups is 1. The van der Waals surface area contributed by atoms with E-state index in [1.165, 1.54) is 49.4 Å². The average molecular weight is 668 g/mol. The summed E-state index contributed by atoms with van der Waals surface area (Å²) in [5, 5.41) is 65.5. The molecule has 3 fully saturated rings. The van der Waals surface area contributed by atoms with Crippen molar-refractivity contribution in [1.82, 2.24) is 5.32 Å². The van der Waals surface area contributed by atoms with Crippen LogP contribution in [0.4, 0.5) is 4.39 Å². The first-order chi connectivity index (χ1) is 21.8. The number of hydrogen-bond donors (Lipinski definition) is 7. The first kappa shape index (κ1) is 34.0. The summed E-state index contributed by atoms with van der Waals surface area (Å²) in [5.41, 5.74) is 1.07. The number of carbonyl (C=O) groups excluding carboxylic acids is 1. The lowest BCUT2D eigenvalue weighted by atomic mass is 9.83. The number of carbonyl (C=O) groups is 1. The molecule has 15 heteroatoms. The summed E-state index contributed by atoms with van der Waals surface area (Å²) in [5.74, 6) is -1.30. The Morgan fingerprint density at radius 1 is 1.00 bits per heavy atom. The predicted octanol–water partition coefficient (Wildman–Crippen LogP) is 0.761. The molecule has 250 valence electrons. The van der Waals surface area contributed by atoms with Gasteiger partial charge in [0.15, 0.2) is 11.5 Å². The molecule has 2 saturated heterocycles. The van der Waals surface area contributed by atoms with Crippen LogP contribution in [0, 0.1) is 5.82 Å². The zero-order chi connectivity index (χ0) is 33.3. The predicted molar refractivity (Wildman–Crippen MR) is 158 cm³/mol. The molecule has 0 spiro atoms. The minimum atomic E-state index is -1.50. The van der Waals surface area contributed by atoms with E-state index >= 15 is 0 Å². The van der Waals surface area contributed by atoms with Gasteiger partial charge in [-0.1, -0.05) is 17.7 Å². The van der Waals surface area contributed by atoms with Crippen LogP contribution in [0.25, 0.3) is 6.08 Å². The van der Waals surface area contributed by atoms with E-state index in [4.69, 9.17) is 35.3 Å². The first-order valence-electron chi connectivity index (χ1n) is 14.4. The summed E-state index contributed by atoms with van der Waals surface area (Å²) in [7, 11) is 0. The van der Waals surface area contributed by atoms with Crippen LogP contribution in [0.3, 0.4) is 0 Å². The first-order valence-corrected chi connectivity index (χ1v) is 14.8. The molecule has 2 heterocycles. The lowest BCUT2D eigenvalue weighted by Crippen LogP contribution is -2.67. The zero-order valence-electron chi connectivity index (χ0n) is 24.7. The minimum Gasteiger partial charge on any atom is -0.504 e. The molecule has 2 aromatic carbocycles. The second kappa shape index (κ2) is 14.2. The molecule has 7 N–H and O–H groups in total. The van der Waals surface area contributed by atoms with Crippen LogP contribution >= 0.6 is 11.6 Å². The van der Waals surface area contributed by atoms with Gasteiger partial charge in [-0.25, -0.2) is 4.39 Å². The van der Waals surface area contributed by atoms with E-state index in [9.17, 15) is 39.8 Å². The number of halogens is 2. The molecule has 10 atom stereocenters. The molecule has 46 heavy (non-hydrogen) atoms. The van der Waals surface area contributed by atoms with Gasteiger partial charge in [0.1, 0.15) is 73.8 Å². The third kappa shape index (κ3) is 7.15. The van der Waals surface area contributed by atoms with Crippen molar-refractivity contribution in [3.05, 3.63) is 70.0 Å². The Bertz CT molecular complexity index is 1490. The zero-order valence-corrected chi connectivity index (χ0v) is 25.5. The van der Waals surface area contributed by atoms with Gasteiger partial charge in [0.25, 0.3) is 0 Å². The Kier molecular flexibility index (Phi) is 10.5. The van der Waals surface area contributed by atoms with Gasteiger partial charge in [-0.05, 0) is 61.4 Å². The van der Waals surface area contributed by atoms with Crippen LogP contribution in [0.2, 0.25) is 5.02 Å². The van der Waals surface area contributed by atoms with Crippen molar-refractivity contribution in [2.45, 2.75) is 75.0 Å². The molecule has 2 aromatic rings. The van der Waals surface area contributed by atoms with E-state index in [-0.39, 0.29) is 35.5 Å². The number of phenols is 1. The number of aliphatic hydroxyl groups excluding tert-OH is 5. The maximum absolute atomic E-state index is 13.3. The van der Waals surface area contributed by atoms with Crippen molar-refractivity contribution in [1.29, 1.82) is 0 Å². The highest BCUT2D eigenvalue weighted by molar-refractivity contribution is 6.30. The number of amides is 1. The number of hydrogen-bond acceptors (Lipinski definition) is 12. The lowest BCUT2D eigenvalue weighted by molar-refractivity contribution is -0.155. The van der Waals surface area contributed by atoms with Crippen molar-refractivity contribution in [2.24, 2.45) is 0 Å². The summed E-state index contributed by atoms with van der Waals surface area (Å²) in [6, 6.07) is 6.89. The van der Waals surface area contributed by atoms with Crippen molar-refractivity contribution in [3.8, 4) is 17.2 Å². The highest BCUT2D eigenvalue weighted by Gasteiger charge is 2.53. The topological polar surface area (TPSA) is 197 Å². The fourth-order valence-electron chi connectivity index (χ4n) is 5.46. The lowest BCUT2D eigenvalue weighted by Gasteiger charge is -2.41. The molecule has 2 aliphatic heterocycles. The fourth-order valence-corrected chi connectivity index (χ4v) is 5.63. The Hall–Kier alpha value is -3.31. The molecule has 0 unspecified atom stereocenters. The van der Waals surface area contributed by atoms with Crippen LogP contribution in [0.5, 0.6) is 17.2 Å². The second-order valence-corrected chi connectivity index (χ2v) is 11.7. The quantitative estimate of drug-likeness (QED) is 0.147. The van der Waals surface area contributed by atoms with Gasteiger partial charge in [0, 0.05) is 11.6 Å². The maximum Gasteiger partial charge on any atom is 0.247 e. The van der Waals surface area contributed by atoms with Gasteiger partial charge < -0.3 is 59.6 Å². The van der Waals surface area contributed by atoms with Crippen LogP contribution in [-0.2, 0) is 19.0 Å². The molecule has 1 amide bonds. The molecule has 0 radical (unpaired) electrons. The third-order valence-electron chi connectivity index (χ3n) is 8.08. The van der Waals surface area contributed by atoms with Gasteiger partial charge in [-0.2, -0.15) is 0 Å². The summed E-state index contributed by atoms with van der Waals surface area (Å²) in [6.45, 7) is 3.02. The normalized spacial score (nSPS) is 33.1. The van der Waals surface area contributed by atoms with Gasteiger partial charge in [-0.3, -0.25) is 4.79 Å². The molecular weight excluding hydrogens is 633 g/mol. The average Bonchev–Trinajstić information content (AvgIpc) is 3.62. The third-order valence-corrected chi connectivity index (χ3v) is 8.37. The highest BCUT2D eigenvalue weighted by Crippen LogP contribution is 2.34. The summed E-state index contributed by atoms with van der Waals surface area (Å²) in [6.07, 6.45) is -8.10. The highest BCUT2D eigenvalue weighted by atomic mass is 35.5. The van der Waals surface area contributed by atoms with E-state index in [1.807, 2.05) is 0 Å². The fraction of sp³-hybridized carbons (Fsp3) is 0.452. The number of fused-ring (bicyclic) bond motifs is 1. The van der Waals surface area contributed by atoms with Crippen molar-refractivity contribution < 1.29 is 63.5 Å². The smallest absolute Gasteiger partial charge is 0.247 e. The van der Waals surface area contributed by atoms with Gasteiger partial charge in [-0.15, -0.1) is 0 Å². The van der Waals surface area contributed by atoms with Crippen LogP contribution in [0.15, 0.2) is 53.6 Å². The molecular formula is C31H35ClFNO12. The van der Waals surface area contributed by atoms with Crippen LogP contribution in [0.1, 0.15) is 19.4 Å². The van der Waals surface area contributed by atoms with E-state index in [1.54, 1.807) is 13.0 Å². The molecule has 13 nitrogen and oxygen atoms in total. The second-order valence-electron chi connectivity index (χ2n) is 11.3. The Morgan fingerprint density at radius 3 is 2.41 bits per heavy atom. The van der Waals surface area contributed by atoms with E-state index in [0.29, 0.717) is 16.9 Å². The Labute approximate surface area is 268 Å². The molecule has 5 rings (SSSR count). The number of benzene rings is 2. The molecule has 0 aromatic heterocycles. The maximum atomic E-state index is 13.3. The van der Waals surface area contributed by atoms with Crippen LogP contribution in [-0.4, -0.2) is 111 Å². The summed E-state index contributed by atoms with van der Waals surface area (Å²) in [4.78, 5) is 12.9. The van der Waals surface area contributed by atoms with E-state index in [2.05, 4.69) is 5.32 Å². The number of phenolic OH excluding ortho intramolecular Hbond substituents is 1. The number of aliphatic hydroxyl groups is 5. The monoisotopic (exact) mass is 667 g/mol. The van der Waals surface area contributed by atoms with Crippen molar-refractivity contribution >= 4 is 23.6 Å².